The minimum absolute atomic E-state index is 0.267. The van der Waals surface area contributed by atoms with Crippen LogP contribution in [-0.2, 0) is 4.79 Å². The lowest BCUT2D eigenvalue weighted by molar-refractivity contribution is -0.140. The lowest BCUT2D eigenvalue weighted by atomic mass is 9.80. The Bertz CT molecular complexity index is 1240. The molecule has 0 saturated heterocycles. The number of carbonyl (C=O) groups excluding carboxylic acids is 1. The second-order valence-electron chi connectivity index (χ2n) is 8.24. The number of nitrogens with zero attached hydrogens (tertiary/aromatic N) is 4. The summed E-state index contributed by atoms with van der Waals surface area (Å²) >= 11 is 0. The Kier molecular flexibility index (Phi) is 4.12. The van der Waals surface area contributed by atoms with Crippen LogP contribution < -0.4 is 10.6 Å². The normalized spacial score (nSPS) is 31.1. The molecule has 3 aromatic heterocycles. The highest BCUT2D eigenvalue weighted by Gasteiger charge is 2.79. The monoisotopic (exact) mass is 422 g/mol. The average molecular weight is 422 g/mol. The maximum absolute atomic E-state index is 12.3. The summed E-state index contributed by atoms with van der Waals surface area (Å²) in [5.74, 6) is 6.42. The molecule has 10 nitrogen and oxygen atoms in total. The van der Waals surface area contributed by atoms with Gasteiger partial charge in [-0.05, 0) is 37.3 Å². The summed E-state index contributed by atoms with van der Waals surface area (Å²) in [5, 5.41) is 27.7. The van der Waals surface area contributed by atoms with Crippen molar-refractivity contribution in [2.75, 3.05) is 19.4 Å². The molecule has 0 unspecified atom stereocenters. The number of fused-ring (bicyclic) bond motifs is 2. The summed E-state index contributed by atoms with van der Waals surface area (Å²) in [7, 11) is 3.25. The minimum atomic E-state index is -1.43. The molecule has 2 saturated carbocycles. The molecule has 3 heterocycles. The number of aliphatic hydroxyl groups is 2. The van der Waals surface area contributed by atoms with Gasteiger partial charge in [0.1, 0.15) is 5.60 Å². The van der Waals surface area contributed by atoms with Crippen molar-refractivity contribution >= 4 is 22.9 Å². The molecule has 0 aliphatic heterocycles. The summed E-state index contributed by atoms with van der Waals surface area (Å²) in [6, 6.07) is 3.03. The van der Waals surface area contributed by atoms with Crippen LogP contribution in [0.2, 0.25) is 0 Å². The van der Waals surface area contributed by atoms with E-state index in [4.69, 9.17) is 4.42 Å². The van der Waals surface area contributed by atoms with Gasteiger partial charge in [0, 0.05) is 20.0 Å². The van der Waals surface area contributed by atoms with Gasteiger partial charge in [-0.2, -0.15) is 0 Å². The third-order valence-electron chi connectivity index (χ3n) is 6.55. The van der Waals surface area contributed by atoms with Crippen LogP contribution in [0.5, 0.6) is 0 Å². The van der Waals surface area contributed by atoms with Crippen molar-refractivity contribution in [3.05, 3.63) is 36.3 Å². The molecule has 5 rings (SSSR count). The van der Waals surface area contributed by atoms with E-state index < -0.39 is 23.2 Å². The van der Waals surface area contributed by atoms with Crippen LogP contribution in [0.25, 0.3) is 11.2 Å². The molecule has 0 bridgehead atoms. The van der Waals surface area contributed by atoms with Gasteiger partial charge in [0.05, 0.1) is 30.2 Å². The number of carbonyl (C=O) groups is 1. The summed E-state index contributed by atoms with van der Waals surface area (Å²) in [6.07, 6.45) is 2.25. The van der Waals surface area contributed by atoms with E-state index in [9.17, 15) is 15.0 Å². The molecule has 4 N–H and O–H groups in total. The molecule has 5 atom stereocenters. The van der Waals surface area contributed by atoms with Gasteiger partial charge in [0.15, 0.2) is 22.7 Å². The van der Waals surface area contributed by atoms with Crippen molar-refractivity contribution in [2.45, 2.75) is 31.1 Å². The molecule has 0 aromatic carbocycles. The van der Waals surface area contributed by atoms with Gasteiger partial charge in [0.25, 0.3) is 0 Å². The number of nitrogens with one attached hydrogen (secondary N) is 2. The molecule has 10 heteroatoms. The second kappa shape index (κ2) is 6.54. The number of aliphatic hydroxyl groups excluding tert-OH is 1. The van der Waals surface area contributed by atoms with E-state index in [1.165, 1.54) is 13.3 Å². The van der Waals surface area contributed by atoms with Crippen LogP contribution >= 0.6 is 0 Å². The maximum atomic E-state index is 12.3. The van der Waals surface area contributed by atoms with E-state index in [0.717, 1.165) is 0 Å². The van der Waals surface area contributed by atoms with Crippen LogP contribution in [0.4, 0.5) is 5.82 Å². The Morgan fingerprint density at radius 2 is 2.16 bits per heavy atom. The second-order valence-corrected chi connectivity index (χ2v) is 8.24. The van der Waals surface area contributed by atoms with E-state index >= 15 is 0 Å². The van der Waals surface area contributed by atoms with E-state index in [1.54, 1.807) is 37.0 Å². The quantitative estimate of drug-likeness (QED) is 0.442. The minimum Gasteiger partial charge on any atom is -0.456 e. The van der Waals surface area contributed by atoms with E-state index in [2.05, 4.69) is 37.4 Å². The average Bonchev–Trinajstić information content (AvgIpc) is 3.23. The van der Waals surface area contributed by atoms with Crippen molar-refractivity contribution < 1.29 is 19.4 Å². The molecule has 1 amide bonds. The third kappa shape index (κ3) is 2.60. The summed E-state index contributed by atoms with van der Waals surface area (Å²) in [6.45, 7) is 1.67. The number of furan rings is 1. The number of amides is 1. The summed E-state index contributed by atoms with van der Waals surface area (Å²) < 4.78 is 6.97. The standard InChI is InChI=1S/C21H22N6O4/c1-20(19(29)23-3)9-12-15(21(12,30)18(20)28)27-10-24-14-16(22-2)25-13(26-17(14)27)7-6-11-5-4-8-31-11/h4-5,8,10,12,15,18,28,30H,9H2,1-3H3,(H,23,29)(H,22,25,26)/t12-,15+,18+,20-,21+/m0/s1. The number of hydrogen-bond acceptors (Lipinski definition) is 8. The zero-order valence-corrected chi connectivity index (χ0v) is 17.2. The summed E-state index contributed by atoms with van der Waals surface area (Å²) in [4.78, 5) is 25.6. The first kappa shape index (κ1) is 19.5. The van der Waals surface area contributed by atoms with E-state index in [-0.39, 0.29) is 17.6 Å². The van der Waals surface area contributed by atoms with Gasteiger partial charge in [-0.15, -0.1) is 0 Å². The zero-order chi connectivity index (χ0) is 22.0. The molecular formula is C21H22N6O4. The van der Waals surface area contributed by atoms with Crippen LogP contribution in [0, 0.1) is 23.2 Å². The highest BCUT2D eigenvalue weighted by molar-refractivity contribution is 5.85. The maximum Gasteiger partial charge on any atom is 0.228 e. The van der Waals surface area contributed by atoms with Gasteiger partial charge >= 0.3 is 0 Å². The van der Waals surface area contributed by atoms with Crippen LogP contribution in [0.1, 0.15) is 31.0 Å². The number of rotatable bonds is 3. The molecule has 0 radical (unpaired) electrons. The molecule has 0 spiro atoms. The van der Waals surface area contributed by atoms with Crippen molar-refractivity contribution in [3.8, 4) is 11.8 Å². The van der Waals surface area contributed by atoms with Crippen LogP contribution in [0.3, 0.4) is 0 Å². The summed E-state index contributed by atoms with van der Waals surface area (Å²) in [5.41, 5.74) is -1.46. The Morgan fingerprint density at radius 1 is 1.35 bits per heavy atom. The highest BCUT2D eigenvalue weighted by Crippen LogP contribution is 2.69. The number of imidazole rings is 1. The SMILES string of the molecule is CNC(=O)[C@@]1(C)C[C@H]2[C@@H](n3cnc4c(NC)nc(C#Cc5ccco5)nc43)[C@@]2(O)[C@@H]1O. The molecule has 3 aromatic rings. The van der Waals surface area contributed by atoms with Gasteiger partial charge in [0.2, 0.25) is 11.7 Å². The molecule has 31 heavy (non-hydrogen) atoms. The van der Waals surface area contributed by atoms with Gasteiger partial charge in [-0.1, -0.05) is 0 Å². The first-order valence-corrected chi connectivity index (χ1v) is 9.95. The number of aromatic nitrogens is 4. The lowest BCUT2D eigenvalue weighted by Gasteiger charge is -2.32. The lowest BCUT2D eigenvalue weighted by Crippen LogP contribution is -2.49. The van der Waals surface area contributed by atoms with E-state index in [1.807, 2.05) is 0 Å². The Labute approximate surface area is 177 Å². The van der Waals surface area contributed by atoms with Gasteiger partial charge < -0.3 is 29.8 Å². The largest absolute Gasteiger partial charge is 0.456 e. The Morgan fingerprint density at radius 3 is 2.77 bits per heavy atom. The van der Waals surface area contributed by atoms with Crippen molar-refractivity contribution in [2.24, 2.45) is 11.3 Å². The fraction of sp³-hybridized carbons (Fsp3) is 0.429. The topological polar surface area (TPSA) is 138 Å². The molecule has 2 aliphatic rings. The van der Waals surface area contributed by atoms with Crippen molar-refractivity contribution in [1.82, 2.24) is 24.8 Å². The van der Waals surface area contributed by atoms with E-state index in [0.29, 0.717) is 29.2 Å². The van der Waals surface area contributed by atoms with Crippen LogP contribution in [-0.4, -0.2) is 61.4 Å². The molecule has 2 fully saturated rings. The highest BCUT2D eigenvalue weighted by atomic mass is 16.4. The van der Waals surface area contributed by atoms with Crippen molar-refractivity contribution in [3.63, 3.8) is 0 Å². The molecular weight excluding hydrogens is 400 g/mol. The van der Waals surface area contributed by atoms with Crippen LogP contribution in [0.15, 0.2) is 29.1 Å². The predicted octanol–water partition coefficient (Wildman–Crippen LogP) is 0.280. The van der Waals surface area contributed by atoms with Gasteiger partial charge in [-0.3, -0.25) is 4.79 Å². The number of anilines is 1. The third-order valence-corrected chi connectivity index (χ3v) is 6.55. The fourth-order valence-corrected chi connectivity index (χ4v) is 4.90. The predicted molar refractivity (Wildman–Crippen MR) is 110 cm³/mol. The molecule has 2 aliphatic carbocycles. The van der Waals surface area contributed by atoms with Gasteiger partial charge in [-0.25, -0.2) is 15.0 Å². The fourth-order valence-electron chi connectivity index (χ4n) is 4.90. The smallest absolute Gasteiger partial charge is 0.228 e. The first-order valence-electron chi connectivity index (χ1n) is 9.95. The van der Waals surface area contributed by atoms with Crippen molar-refractivity contribution in [1.29, 1.82) is 0 Å². The Hall–Kier alpha value is -3.42. The Balaban J connectivity index is 1.54. The molecule has 160 valence electrons. The zero-order valence-electron chi connectivity index (χ0n) is 17.2. The number of hydrogen-bond donors (Lipinski definition) is 4. The first-order chi connectivity index (χ1) is 14.8.